The van der Waals surface area contributed by atoms with Crippen molar-refractivity contribution in [2.45, 2.75) is 6.61 Å². The van der Waals surface area contributed by atoms with Crippen LogP contribution in [-0.2, 0) is 6.61 Å². The minimum Gasteiger partial charge on any atom is -0.493 e. The molecule has 0 saturated carbocycles. The molecule has 0 fully saturated rings. The lowest BCUT2D eigenvalue weighted by Crippen LogP contribution is -2.00. The second kappa shape index (κ2) is 9.14. The maximum Gasteiger partial charge on any atom is 0.180 e. The second-order valence-electron chi connectivity index (χ2n) is 5.65. The van der Waals surface area contributed by atoms with E-state index >= 15 is 0 Å². The Morgan fingerprint density at radius 3 is 2.41 bits per heavy atom. The van der Waals surface area contributed by atoms with Gasteiger partial charge in [0.05, 0.1) is 17.8 Å². The lowest BCUT2D eigenvalue weighted by atomic mass is 10.2. The van der Waals surface area contributed by atoms with E-state index in [4.69, 9.17) is 44.3 Å². The molecule has 0 unspecified atom stereocenters. The summed E-state index contributed by atoms with van der Waals surface area (Å²) in [5, 5.41) is 1.53. The summed E-state index contributed by atoms with van der Waals surface area (Å²) < 4.78 is 11.3. The van der Waals surface area contributed by atoms with E-state index in [2.05, 4.69) is 4.99 Å². The van der Waals surface area contributed by atoms with Gasteiger partial charge in [-0.2, -0.15) is 0 Å². The van der Waals surface area contributed by atoms with Gasteiger partial charge in [0, 0.05) is 21.8 Å². The molecule has 3 aromatic carbocycles. The monoisotopic (exact) mass is 419 g/mol. The van der Waals surface area contributed by atoms with Gasteiger partial charge in [-0.3, -0.25) is 4.99 Å². The van der Waals surface area contributed by atoms with Crippen LogP contribution in [-0.4, -0.2) is 13.3 Å². The van der Waals surface area contributed by atoms with E-state index in [0.717, 1.165) is 16.8 Å². The normalized spacial score (nSPS) is 11.0. The fourth-order valence-corrected chi connectivity index (χ4v) is 3.14. The van der Waals surface area contributed by atoms with Crippen LogP contribution in [0.1, 0.15) is 11.1 Å². The van der Waals surface area contributed by atoms with E-state index in [-0.39, 0.29) is 6.61 Å². The Kier molecular flexibility index (Phi) is 6.62. The van der Waals surface area contributed by atoms with Crippen LogP contribution in [0.3, 0.4) is 0 Å². The third-order valence-electron chi connectivity index (χ3n) is 3.76. The van der Waals surface area contributed by atoms with Crippen molar-refractivity contribution in [3.05, 3.63) is 86.9 Å². The van der Waals surface area contributed by atoms with Crippen molar-refractivity contribution in [3.8, 4) is 11.5 Å². The number of para-hydroxylation sites is 1. The predicted octanol–water partition coefficient (Wildman–Crippen LogP) is 6.99. The molecule has 0 spiro atoms. The zero-order chi connectivity index (χ0) is 19.2. The minimum atomic E-state index is 0.240. The van der Waals surface area contributed by atoms with Crippen molar-refractivity contribution in [2.24, 2.45) is 4.99 Å². The summed E-state index contributed by atoms with van der Waals surface area (Å²) in [5.41, 5.74) is 2.46. The lowest BCUT2D eigenvalue weighted by molar-refractivity contribution is 0.285. The van der Waals surface area contributed by atoms with Crippen molar-refractivity contribution >= 4 is 46.7 Å². The van der Waals surface area contributed by atoms with Crippen LogP contribution < -0.4 is 9.47 Å². The smallest absolute Gasteiger partial charge is 0.180 e. The summed E-state index contributed by atoms with van der Waals surface area (Å²) >= 11 is 18.5. The van der Waals surface area contributed by atoms with E-state index in [1.54, 1.807) is 31.5 Å². The Labute approximate surface area is 173 Å². The number of hydrogen-bond acceptors (Lipinski definition) is 3. The molecule has 0 aliphatic rings. The topological polar surface area (TPSA) is 30.8 Å². The third-order valence-corrected chi connectivity index (χ3v) is 4.63. The molecular weight excluding hydrogens is 405 g/mol. The highest BCUT2D eigenvalue weighted by atomic mass is 35.5. The molecule has 0 heterocycles. The highest BCUT2D eigenvalue weighted by Gasteiger charge is 2.13. The second-order valence-corrected chi connectivity index (χ2v) is 6.90. The van der Waals surface area contributed by atoms with Crippen LogP contribution in [0, 0.1) is 0 Å². The van der Waals surface area contributed by atoms with Gasteiger partial charge in [0.25, 0.3) is 0 Å². The number of benzene rings is 3. The van der Waals surface area contributed by atoms with Crippen LogP contribution in [0.2, 0.25) is 15.1 Å². The summed E-state index contributed by atoms with van der Waals surface area (Å²) in [6.45, 7) is 0.240. The standard InChI is InChI=1S/C21H16Cl3NO2/c1-26-20-10-14(12-25-17-5-3-2-4-6-17)9-19(24)21(20)27-13-15-7-8-16(22)11-18(15)23/h2-12H,13H2,1H3. The third kappa shape index (κ3) is 5.16. The van der Waals surface area contributed by atoms with Crippen molar-refractivity contribution in [2.75, 3.05) is 7.11 Å². The van der Waals surface area contributed by atoms with Gasteiger partial charge in [0.2, 0.25) is 0 Å². The maximum absolute atomic E-state index is 6.41. The van der Waals surface area contributed by atoms with Gasteiger partial charge in [0.15, 0.2) is 11.5 Å². The van der Waals surface area contributed by atoms with E-state index in [1.165, 1.54) is 0 Å². The van der Waals surface area contributed by atoms with Crippen molar-refractivity contribution in [1.29, 1.82) is 0 Å². The summed E-state index contributed by atoms with van der Waals surface area (Å²) in [6, 6.07) is 18.5. The number of methoxy groups -OCH3 is 1. The summed E-state index contributed by atoms with van der Waals surface area (Å²) in [5.74, 6) is 0.962. The van der Waals surface area contributed by atoms with E-state index in [9.17, 15) is 0 Å². The first-order valence-electron chi connectivity index (χ1n) is 8.10. The van der Waals surface area contributed by atoms with Gasteiger partial charge < -0.3 is 9.47 Å². The Hall–Kier alpha value is -2.20. The highest BCUT2D eigenvalue weighted by Crippen LogP contribution is 2.37. The van der Waals surface area contributed by atoms with Crippen molar-refractivity contribution in [1.82, 2.24) is 0 Å². The molecule has 3 rings (SSSR count). The number of rotatable bonds is 6. The Bertz CT molecular complexity index is 959. The first-order chi connectivity index (χ1) is 13.1. The van der Waals surface area contributed by atoms with Crippen LogP contribution in [0.25, 0.3) is 0 Å². The first-order valence-corrected chi connectivity index (χ1v) is 9.23. The molecule has 6 heteroatoms. The lowest BCUT2D eigenvalue weighted by Gasteiger charge is -2.14. The Morgan fingerprint density at radius 1 is 0.926 bits per heavy atom. The fourth-order valence-electron chi connectivity index (χ4n) is 2.41. The van der Waals surface area contributed by atoms with E-state index < -0.39 is 0 Å². The summed E-state index contributed by atoms with van der Waals surface area (Å²) in [7, 11) is 1.56. The minimum absolute atomic E-state index is 0.240. The van der Waals surface area contributed by atoms with Crippen molar-refractivity contribution in [3.63, 3.8) is 0 Å². The molecule has 0 amide bonds. The molecule has 0 aromatic heterocycles. The Balaban J connectivity index is 1.80. The molecule has 0 atom stereocenters. The predicted molar refractivity (Wildman–Crippen MR) is 112 cm³/mol. The maximum atomic E-state index is 6.41. The Morgan fingerprint density at radius 2 is 1.70 bits per heavy atom. The number of hydrogen-bond donors (Lipinski definition) is 0. The average molecular weight is 421 g/mol. The first kappa shape index (κ1) is 19.6. The number of halogens is 3. The highest BCUT2D eigenvalue weighted by molar-refractivity contribution is 6.35. The van der Waals surface area contributed by atoms with E-state index in [0.29, 0.717) is 26.6 Å². The molecule has 0 aliphatic heterocycles. The largest absolute Gasteiger partial charge is 0.493 e. The van der Waals surface area contributed by atoms with Gasteiger partial charge in [-0.1, -0.05) is 59.1 Å². The van der Waals surface area contributed by atoms with Gasteiger partial charge in [-0.25, -0.2) is 0 Å². The van der Waals surface area contributed by atoms with Crippen LogP contribution in [0.15, 0.2) is 65.7 Å². The van der Waals surface area contributed by atoms with Crippen LogP contribution in [0.4, 0.5) is 5.69 Å². The number of ether oxygens (including phenoxy) is 2. The molecule has 3 nitrogen and oxygen atoms in total. The number of nitrogens with zero attached hydrogens (tertiary/aromatic N) is 1. The zero-order valence-electron chi connectivity index (χ0n) is 14.5. The SMILES string of the molecule is COc1cc(C=Nc2ccccc2)cc(Cl)c1OCc1ccc(Cl)cc1Cl. The number of aliphatic imine (C=N–C) groups is 1. The molecule has 3 aromatic rings. The fraction of sp³-hybridized carbons (Fsp3) is 0.0952. The molecule has 138 valence electrons. The van der Waals surface area contributed by atoms with E-state index in [1.807, 2.05) is 42.5 Å². The zero-order valence-corrected chi connectivity index (χ0v) is 16.7. The summed E-state index contributed by atoms with van der Waals surface area (Å²) in [6.07, 6.45) is 1.73. The molecule has 0 bridgehead atoms. The van der Waals surface area contributed by atoms with Crippen LogP contribution >= 0.6 is 34.8 Å². The van der Waals surface area contributed by atoms with Crippen molar-refractivity contribution < 1.29 is 9.47 Å². The molecule has 27 heavy (non-hydrogen) atoms. The van der Waals surface area contributed by atoms with Gasteiger partial charge in [-0.15, -0.1) is 0 Å². The van der Waals surface area contributed by atoms with Gasteiger partial charge >= 0.3 is 0 Å². The van der Waals surface area contributed by atoms with Gasteiger partial charge in [0.1, 0.15) is 6.61 Å². The average Bonchev–Trinajstić information content (AvgIpc) is 2.67. The van der Waals surface area contributed by atoms with Gasteiger partial charge in [-0.05, 0) is 42.0 Å². The molecule has 0 saturated heterocycles. The molecule has 0 aliphatic carbocycles. The quantitative estimate of drug-likeness (QED) is 0.402. The molecular formula is C21H16Cl3NO2. The molecule has 0 radical (unpaired) electrons. The molecule has 0 N–H and O–H groups in total. The summed E-state index contributed by atoms with van der Waals surface area (Å²) in [4.78, 5) is 4.43. The van der Waals surface area contributed by atoms with Crippen LogP contribution in [0.5, 0.6) is 11.5 Å².